The van der Waals surface area contributed by atoms with E-state index in [0.717, 1.165) is 25.4 Å². The van der Waals surface area contributed by atoms with E-state index in [0.29, 0.717) is 25.3 Å². The van der Waals surface area contributed by atoms with E-state index < -0.39 is 0 Å². The van der Waals surface area contributed by atoms with Gasteiger partial charge in [-0.1, -0.05) is 29.8 Å². The third-order valence-corrected chi connectivity index (χ3v) is 5.04. The van der Waals surface area contributed by atoms with Gasteiger partial charge in [0, 0.05) is 38.3 Å². The van der Waals surface area contributed by atoms with Crippen molar-refractivity contribution in [2.45, 2.75) is 20.4 Å². The third-order valence-electron chi connectivity index (χ3n) is 5.04. The van der Waals surface area contributed by atoms with Crippen molar-refractivity contribution in [1.29, 1.82) is 0 Å². The molecule has 6 nitrogen and oxygen atoms in total. The molecule has 0 unspecified atom stereocenters. The summed E-state index contributed by atoms with van der Waals surface area (Å²) in [5.74, 6) is 0.433. The van der Waals surface area contributed by atoms with Crippen LogP contribution in [-0.4, -0.2) is 60.9 Å². The summed E-state index contributed by atoms with van der Waals surface area (Å²) in [5, 5.41) is 2.72. The van der Waals surface area contributed by atoms with Crippen molar-refractivity contribution in [3.05, 3.63) is 65.2 Å². The maximum Gasteiger partial charge on any atom is 0.251 e. The van der Waals surface area contributed by atoms with E-state index in [1.165, 1.54) is 11.1 Å². The number of hydrogen-bond acceptors (Lipinski definition) is 4. The lowest BCUT2D eigenvalue weighted by Crippen LogP contribution is -2.50. The number of aryl methyl sites for hydroxylation is 1. The molecule has 1 fully saturated rings. The molecule has 0 aromatic heterocycles. The van der Waals surface area contributed by atoms with Gasteiger partial charge in [-0.05, 0) is 43.7 Å². The zero-order valence-electron chi connectivity index (χ0n) is 17.2. The number of carbonyl (C=O) groups excluding carboxylic acids is 2. The second-order valence-electron chi connectivity index (χ2n) is 7.29. The van der Waals surface area contributed by atoms with Crippen molar-refractivity contribution in [2.24, 2.45) is 0 Å². The summed E-state index contributed by atoms with van der Waals surface area (Å²) in [6.07, 6.45) is 0. The highest BCUT2D eigenvalue weighted by Gasteiger charge is 2.21. The van der Waals surface area contributed by atoms with Gasteiger partial charge in [-0.15, -0.1) is 0 Å². The first kappa shape index (κ1) is 20.9. The Kier molecular flexibility index (Phi) is 7.25. The lowest BCUT2D eigenvalue weighted by atomic mass is 10.1. The molecule has 0 spiro atoms. The molecule has 0 radical (unpaired) electrons. The van der Waals surface area contributed by atoms with Crippen molar-refractivity contribution in [1.82, 2.24) is 15.1 Å². The Labute approximate surface area is 172 Å². The fourth-order valence-electron chi connectivity index (χ4n) is 3.46. The number of rotatable bonds is 7. The van der Waals surface area contributed by atoms with Gasteiger partial charge in [-0.2, -0.15) is 0 Å². The molecule has 1 aliphatic heterocycles. The van der Waals surface area contributed by atoms with Gasteiger partial charge in [0.05, 0.1) is 13.2 Å². The highest BCUT2D eigenvalue weighted by atomic mass is 16.5. The smallest absolute Gasteiger partial charge is 0.251 e. The first-order valence-corrected chi connectivity index (χ1v) is 10.1. The Hall–Kier alpha value is -2.86. The van der Waals surface area contributed by atoms with Crippen molar-refractivity contribution in [3.63, 3.8) is 0 Å². The molecular formula is C23H29N3O3. The van der Waals surface area contributed by atoms with Gasteiger partial charge in [0.25, 0.3) is 5.91 Å². The number of amides is 2. The number of benzene rings is 2. The summed E-state index contributed by atoms with van der Waals surface area (Å²) in [4.78, 5) is 28.9. The average molecular weight is 396 g/mol. The molecule has 1 aliphatic rings. The van der Waals surface area contributed by atoms with Crippen LogP contribution in [0.1, 0.15) is 28.4 Å². The fourth-order valence-corrected chi connectivity index (χ4v) is 3.46. The Morgan fingerprint density at radius 3 is 2.41 bits per heavy atom. The standard InChI is InChI=1S/C23H29N3O3/c1-3-29-21-9-7-20(8-10-21)23(28)24-16-22(27)26-13-11-25(12-14-26)17-19-6-4-5-18(2)15-19/h4-10,15H,3,11-14,16-17H2,1-2H3,(H,24,28). The van der Waals surface area contributed by atoms with E-state index in [1.54, 1.807) is 24.3 Å². The molecule has 154 valence electrons. The third kappa shape index (κ3) is 6.06. The van der Waals surface area contributed by atoms with Gasteiger partial charge < -0.3 is 15.0 Å². The molecule has 0 saturated carbocycles. The van der Waals surface area contributed by atoms with Crippen molar-refractivity contribution in [3.8, 4) is 5.75 Å². The highest BCUT2D eigenvalue weighted by molar-refractivity contribution is 5.96. The summed E-state index contributed by atoms with van der Waals surface area (Å²) >= 11 is 0. The molecule has 29 heavy (non-hydrogen) atoms. The fraction of sp³-hybridized carbons (Fsp3) is 0.391. The second kappa shape index (κ2) is 10.1. The van der Waals surface area contributed by atoms with Crippen molar-refractivity contribution in [2.75, 3.05) is 39.3 Å². The summed E-state index contributed by atoms with van der Waals surface area (Å²) < 4.78 is 5.37. The predicted molar refractivity (Wildman–Crippen MR) is 113 cm³/mol. The Balaban J connectivity index is 1.41. The molecule has 2 aromatic rings. The average Bonchev–Trinajstić information content (AvgIpc) is 2.73. The number of nitrogens with one attached hydrogen (secondary N) is 1. The van der Waals surface area contributed by atoms with Crippen LogP contribution in [0.5, 0.6) is 5.75 Å². The van der Waals surface area contributed by atoms with Crippen LogP contribution in [0, 0.1) is 6.92 Å². The number of nitrogens with zero attached hydrogens (tertiary/aromatic N) is 2. The summed E-state index contributed by atoms with van der Waals surface area (Å²) in [7, 11) is 0. The second-order valence-corrected chi connectivity index (χ2v) is 7.29. The summed E-state index contributed by atoms with van der Waals surface area (Å²) in [5.41, 5.74) is 3.08. The van der Waals surface area contributed by atoms with Crippen LogP contribution in [0.2, 0.25) is 0 Å². The van der Waals surface area contributed by atoms with E-state index >= 15 is 0 Å². The number of ether oxygens (including phenoxy) is 1. The molecular weight excluding hydrogens is 366 g/mol. The van der Waals surface area contributed by atoms with Crippen LogP contribution < -0.4 is 10.1 Å². The topological polar surface area (TPSA) is 61.9 Å². The van der Waals surface area contributed by atoms with Crippen LogP contribution in [0.15, 0.2) is 48.5 Å². The molecule has 0 aliphatic carbocycles. The summed E-state index contributed by atoms with van der Waals surface area (Å²) in [6.45, 7) is 8.56. The van der Waals surface area contributed by atoms with Gasteiger partial charge >= 0.3 is 0 Å². The monoisotopic (exact) mass is 395 g/mol. The van der Waals surface area contributed by atoms with Crippen LogP contribution in [0.4, 0.5) is 0 Å². The maximum atomic E-state index is 12.5. The van der Waals surface area contributed by atoms with Gasteiger partial charge in [0.1, 0.15) is 5.75 Å². The first-order valence-electron chi connectivity index (χ1n) is 10.1. The van der Waals surface area contributed by atoms with Gasteiger partial charge in [-0.25, -0.2) is 0 Å². The quantitative estimate of drug-likeness (QED) is 0.782. The van der Waals surface area contributed by atoms with Crippen LogP contribution in [-0.2, 0) is 11.3 Å². The minimum absolute atomic E-state index is 0.0178. The maximum absolute atomic E-state index is 12.5. The molecule has 3 rings (SSSR count). The van der Waals surface area contributed by atoms with Crippen molar-refractivity contribution < 1.29 is 14.3 Å². The van der Waals surface area contributed by atoms with E-state index in [2.05, 4.69) is 41.4 Å². The number of carbonyl (C=O) groups is 2. The van der Waals surface area contributed by atoms with E-state index in [9.17, 15) is 9.59 Å². The highest BCUT2D eigenvalue weighted by Crippen LogP contribution is 2.12. The Bertz CT molecular complexity index is 828. The first-order chi connectivity index (χ1) is 14.0. The van der Waals surface area contributed by atoms with Crippen LogP contribution in [0.3, 0.4) is 0 Å². The predicted octanol–water partition coefficient (Wildman–Crippen LogP) is 2.47. The number of piperazine rings is 1. The van der Waals surface area contributed by atoms with E-state index in [1.807, 2.05) is 11.8 Å². The van der Waals surface area contributed by atoms with Crippen molar-refractivity contribution >= 4 is 11.8 Å². The minimum Gasteiger partial charge on any atom is -0.494 e. The molecule has 1 N–H and O–H groups in total. The van der Waals surface area contributed by atoms with Gasteiger partial charge in [0.2, 0.25) is 5.91 Å². The molecule has 2 amide bonds. The minimum atomic E-state index is -0.250. The lowest BCUT2D eigenvalue weighted by Gasteiger charge is -2.34. The number of hydrogen-bond donors (Lipinski definition) is 1. The van der Waals surface area contributed by atoms with Crippen LogP contribution >= 0.6 is 0 Å². The molecule has 2 aromatic carbocycles. The lowest BCUT2D eigenvalue weighted by molar-refractivity contribution is -0.131. The Morgan fingerprint density at radius 1 is 1.03 bits per heavy atom. The molecule has 1 heterocycles. The van der Waals surface area contributed by atoms with E-state index in [4.69, 9.17) is 4.74 Å². The van der Waals surface area contributed by atoms with Gasteiger partial charge in [0.15, 0.2) is 0 Å². The summed E-state index contributed by atoms with van der Waals surface area (Å²) in [6, 6.07) is 15.4. The van der Waals surface area contributed by atoms with Crippen LogP contribution in [0.25, 0.3) is 0 Å². The largest absolute Gasteiger partial charge is 0.494 e. The molecule has 1 saturated heterocycles. The zero-order chi connectivity index (χ0) is 20.6. The van der Waals surface area contributed by atoms with Gasteiger partial charge in [-0.3, -0.25) is 14.5 Å². The normalized spacial score (nSPS) is 14.5. The Morgan fingerprint density at radius 2 is 1.76 bits per heavy atom. The zero-order valence-corrected chi connectivity index (χ0v) is 17.2. The van der Waals surface area contributed by atoms with E-state index in [-0.39, 0.29) is 18.4 Å². The SMILES string of the molecule is CCOc1ccc(C(=O)NCC(=O)N2CCN(Cc3cccc(C)c3)CC2)cc1. The molecule has 6 heteroatoms. The molecule has 0 bridgehead atoms. The molecule has 0 atom stereocenters.